The first-order valence-electron chi connectivity index (χ1n) is 5.09. The first kappa shape index (κ1) is 11.2. The van der Waals surface area contributed by atoms with Crippen LogP contribution in [0.3, 0.4) is 0 Å². The van der Waals surface area contributed by atoms with Gasteiger partial charge >= 0.3 is 5.69 Å². The quantitative estimate of drug-likeness (QED) is 0.812. The average Bonchev–Trinajstić information content (AvgIpc) is 2.27. The molecule has 1 heterocycles. The molecule has 1 aromatic carbocycles. The van der Waals surface area contributed by atoms with Crippen LogP contribution in [-0.2, 0) is 0 Å². The van der Waals surface area contributed by atoms with Crippen molar-refractivity contribution >= 4 is 0 Å². The van der Waals surface area contributed by atoms with E-state index in [1.54, 1.807) is 19.2 Å². The molecule has 0 bridgehead atoms. The molecule has 0 radical (unpaired) electrons. The Morgan fingerprint density at radius 2 is 1.88 bits per heavy atom. The van der Waals surface area contributed by atoms with Crippen molar-refractivity contribution in [3.63, 3.8) is 0 Å². The second kappa shape index (κ2) is 4.29. The molecular formula is C12H12N2O3. The maximum atomic E-state index is 11.2. The van der Waals surface area contributed by atoms with Crippen LogP contribution in [0.2, 0.25) is 0 Å². The maximum Gasteiger partial charge on any atom is 0.326 e. The Morgan fingerprint density at radius 3 is 2.47 bits per heavy atom. The predicted molar refractivity (Wildman–Crippen MR) is 64.4 cm³/mol. The highest BCUT2D eigenvalue weighted by Gasteiger charge is 2.04. The number of H-pyrrole nitrogens is 2. The summed E-state index contributed by atoms with van der Waals surface area (Å²) in [6, 6.07) is 6.78. The minimum atomic E-state index is -0.513. The van der Waals surface area contributed by atoms with Crippen LogP contribution in [0.25, 0.3) is 11.3 Å². The average molecular weight is 232 g/mol. The number of aryl methyl sites for hydroxylation is 1. The van der Waals surface area contributed by atoms with Crippen molar-refractivity contribution in [3.8, 4) is 17.0 Å². The molecule has 0 aliphatic rings. The fourth-order valence-corrected chi connectivity index (χ4v) is 1.67. The van der Waals surface area contributed by atoms with Crippen molar-refractivity contribution in [3.05, 3.63) is 50.7 Å². The molecule has 0 amide bonds. The monoisotopic (exact) mass is 232 g/mol. The number of aromatic amines is 2. The second-order valence-corrected chi connectivity index (χ2v) is 3.69. The molecule has 2 aromatic rings. The van der Waals surface area contributed by atoms with Crippen LogP contribution in [0.4, 0.5) is 0 Å². The van der Waals surface area contributed by atoms with Crippen molar-refractivity contribution in [1.29, 1.82) is 0 Å². The number of nitrogens with one attached hydrogen (secondary N) is 2. The lowest BCUT2D eigenvalue weighted by Crippen LogP contribution is -2.21. The standard InChI is InChI=1S/C12H12N2O3/c1-7-5-8(3-4-10(7)17-2)9-6-11(15)14-12(16)13-9/h3-6H,1-2H3,(H2,13,14,15,16). The van der Waals surface area contributed by atoms with Gasteiger partial charge < -0.3 is 9.72 Å². The molecule has 0 aliphatic carbocycles. The lowest BCUT2D eigenvalue weighted by atomic mass is 10.1. The minimum Gasteiger partial charge on any atom is -0.496 e. The molecule has 5 heteroatoms. The largest absolute Gasteiger partial charge is 0.496 e. The molecular weight excluding hydrogens is 220 g/mol. The van der Waals surface area contributed by atoms with Gasteiger partial charge in [0, 0.05) is 6.07 Å². The number of hydrogen-bond donors (Lipinski definition) is 2. The van der Waals surface area contributed by atoms with Crippen LogP contribution < -0.4 is 16.0 Å². The lowest BCUT2D eigenvalue weighted by molar-refractivity contribution is 0.412. The normalized spacial score (nSPS) is 10.2. The number of rotatable bonds is 2. The number of benzene rings is 1. The summed E-state index contributed by atoms with van der Waals surface area (Å²) >= 11 is 0. The van der Waals surface area contributed by atoms with Gasteiger partial charge in [0.1, 0.15) is 5.75 Å². The molecule has 0 spiro atoms. The van der Waals surface area contributed by atoms with E-state index in [1.165, 1.54) is 6.07 Å². The van der Waals surface area contributed by atoms with E-state index in [0.29, 0.717) is 5.69 Å². The van der Waals surface area contributed by atoms with Crippen LogP contribution in [-0.4, -0.2) is 17.1 Å². The van der Waals surface area contributed by atoms with Crippen molar-refractivity contribution < 1.29 is 4.74 Å². The zero-order valence-corrected chi connectivity index (χ0v) is 9.53. The summed E-state index contributed by atoms with van der Waals surface area (Å²) in [6.45, 7) is 1.90. The molecule has 0 unspecified atom stereocenters. The van der Waals surface area contributed by atoms with Gasteiger partial charge in [0.25, 0.3) is 5.56 Å². The zero-order chi connectivity index (χ0) is 12.4. The Labute approximate surface area is 97.1 Å². The Hall–Kier alpha value is -2.30. The van der Waals surface area contributed by atoms with Crippen LogP contribution in [0.5, 0.6) is 5.75 Å². The minimum absolute atomic E-state index is 0.419. The fraction of sp³-hybridized carbons (Fsp3) is 0.167. The predicted octanol–water partition coefficient (Wildman–Crippen LogP) is 1.05. The molecule has 5 nitrogen and oxygen atoms in total. The van der Waals surface area contributed by atoms with Crippen LogP contribution in [0.15, 0.2) is 33.9 Å². The summed E-state index contributed by atoms with van der Waals surface area (Å²) in [7, 11) is 1.59. The third kappa shape index (κ3) is 2.28. The van der Waals surface area contributed by atoms with Gasteiger partial charge in [-0.1, -0.05) is 0 Å². The zero-order valence-electron chi connectivity index (χ0n) is 9.53. The van der Waals surface area contributed by atoms with Gasteiger partial charge in [0.05, 0.1) is 12.8 Å². The van der Waals surface area contributed by atoms with E-state index < -0.39 is 11.2 Å². The fourth-order valence-electron chi connectivity index (χ4n) is 1.67. The van der Waals surface area contributed by atoms with E-state index in [9.17, 15) is 9.59 Å². The van der Waals surface area contributed by atoms with Gasteiger partial charge in [0.15, 0.2) is 0 Å². The first-order chi connectivity index (χ1) is 8.10. The van der Waals surface area contributed by atoms with Gasteiger partial charge in [-0.2, -0.15) is 0 Å². The summed E-state index contributed by atoms with van der Waals surface area (Å²) in [5.41, 5.74) is 1.26. The van der Waals surface area contributed by atoms with Crippen molar-refractivity contribution in [2.24, 2.45) is 0 Å². The molecule has 0 saturated carbocycles. The number of hydrogen-bond acceptors (Lipinski definition) is 3. The molecule has 88 valence electrons. The molecule has 0 atom stereocenters. The number of aromatic nitrogens is 2. The molecule has 0 aliphatic heterocycles. The van der Waals surface area contributed by atoms with Crippen LogP contribution in [0.1, 0.15) is 5.56 Å². The summed E-state index contributed by atoms with van der Waals surface area (Å²) in [6.07, 6.45) is 0. The summed E-state index contributed by atoms with van der Waals surface area (Å²) < 4.78 is 5.14. The van der Waals surface area contributed by atoms with Crippen molar-refractivity contribution in [2.45, 2.75) is 6.92 Å². The van der Waals surface area contributed by atoms with Gasteiger partial charge in [-0.25, -0.2) is 4.79 Å². The van der Waals surface area contributed by atoms with E-state index in [0.717, 1.165) is 16.9 Å². The first-order valence-corrected chi connectivity index (χ1v) is 5.09. The van der Waals surface area contributed by atoms with Crippen molar-refractivity contribution in [2.75, 3.05) is 7.11 Å². The van der Waals surface area contributed by atoms with Crippen LogP contribution in [0, 0.1) is 6.92 Å². The van der Waals surface area contributed by atoms with Crippen molar-refractivity contribution in [1.82, 2.24) is 9.97 Å². The lowest BCUT2D eigenvalue weighted by Gasteiger charge is -2.06. The molecule has 1 aromatic heterocycles. The third-order valence-electron chi connectivity index (χ3n) is 2.47. The highest BCUT2D eigenvalue weighted by molar-refractivity contribution is 5.61. The Bertz CT molecular complexity index is 627. The van der Waals surface area contributed by atoms with E-state index in [1.807, 2.05) is 13.0 Å². The Morgan fingerprint density at radius 1 is 1.12 bits per heavy atom. The summed E-state index contributed by atoms with van der Waals surface area (Å²) in [5, 5.41) is 0. The summed E-state index contributed by atoms with van der Waals surface area (Å²) in [4.78, 5) is 27.1. The topological polar surface area (TPSA) is 75.0 Å². The Balaban J connectivity index is 2.57. The van der Waals surface area contributed by atoms with Gasteiger partial charge in [-0.05, 0) is 36.2 Å². The van der Waals surface area contributed by atoms with Gasteiger partial charge in [-0.3, -0.25) is 9.78 Å². The smallest absolute Gasteiger partial charge is 0.326 e. The molecule has 0 saturated heterocycles. The highest BCUT2D eigenvalue weighted by Crippen LogP contribution is 2.23. The van der Waals surface area contributed by atoms with Gasteiger partial charge in [0.2, 0.25) is 0 Å². The van der Waals surface area contributed by atoms with E-state index in [-0.39, 0.29) is 0 Å². The molecule has 2 N–H and O–H groups in total. The van der Waals surface area contributed by atoms with Crippen LogP contribution >= 0.6 is 0 Å². The second-order valence-electron chi connectivity index (χ2n) is 3.69. The highest BCUT2D eigenvalue weighted by atomic mass is 16.5. The number of methoxy groups -OCH3 is 1. The SMILES string of the molecule is COc1ccc(-c2cc(=O)[nH]c(=O)[nH]2)cc1C. The Kier molecular flexibility index (Phi) is 2.82. The molecule has 0 fully saturated rings. The third-order valence-corrected chi connectivity index (χ3v) is 2.47. The van der Waals surface area contributed by atoms with Gasteiger partial charge in [-0.15, -0.1) is 0 Å². The molecule has 2 rings (SSSR count). The van der Waals surface area contributed by atoms with E-state index in [4.69, 9.17) is 4.74 Å². The molecule has 17 heavy (non-hydrogen) atoms. The number of ether oxygens (including phenoxy) is 1. The maximum absolute atomic E-state index is 11.2. The summed E-state index contributed by atoms with van der Waals surface area (Å²) in [5.74, 6) is 0.765. The van der Waals surface area contributed by atoms with E-state index >= 15 is 0 Å². The van der Waals surface area contributed by atoms with E-state index in [2.05, 4.69) is 9.97 Å².